The first kappa shape index (κ1) is 33.0. The van der Waals surface area contributed by atoms with E-state index in [9.17, 15) is 40.9 Å². The second-order valence-electron chi connectivity index (χ2n) is 15.6. The standard InChI is InChI=1S/C32H56O10/c1-15(2)21(41-29-27(39)26(38)22(14-33)42-29)7-6-16(3)17-12-19(35)28-30(17,4)11-9-23-31(5)10-8-18(34)25(37)24(31)20(36)13-32(23,28)40/h15-29,33-40H,6-14H2,1-5H3/t16-,17-,18+,19+,20+,21?,22+,23-,24+,25+,26+,27-,28-,29-,30-,31-,32+/m1/s1. The van der Waals surface area contributed by atoms with Gasteiger partial charge in [0, 0.05) is 18.3 Å². The van der Waals surface area contributed by atoms with E-state index in [1.165, 1.54) is 0 Å². The van der Waals surface area contributed by atoms with Crippen LogP contribution in [0.25, 0.3) is 0 Å². The summed E-state index contributed by atoms with van der Waals surface area (Å²) in [5, 5.41) is 86.6. The highest BCUT2D eigenvalue weighted by molar-refractivity contribution is 5.21. The maximum Gasteiger partial charge on any atom is 0.186 e. The summed E-state index contributed by atoms with van der Waals surface area (Å²) in [6.45, 7) is 10.1. The Balaban J connectivity index is 1.30. The average molecular weight is 601 g/mol. The Morgan fingerprint density at radius 1 is 0.833 bits per heavy atom. The lowest BCUT2D eigenvalue weighted by atomic mass is 9.41. The van der Waals surface area contributed by atoms with Gasteiger partial charge in [-0.3, -0.25) is 0 Å². The first-order valence-electron chi connectivity index (χ1n) is 16.3. The Bertz CT molecular complexity index is 950. The minimum atomic E-state index is -1.27. The topological polar surface area (TPSA) is 180 Å². The SMILES string of the molecule is CC(C)C(CC[C@@H](C)[C@H]1C[C@H](O)[C@@H]2[C@]1(C)CC[C@@H]1[C@@]3(C)CC[C@H](O)[C@H](O)[C@@H]3[C@@H](O)C[C@]12O)O[C@@H]1O[C@@H](CO)[C@H](O)[C@H]1O. The lowest BCUT2D eigenvalue weighted by molar-refractivity contribution is -0.280. The first-order chi connectivity index (χ1) is 19.6. The van der Waals surface area contributed by atoms with Crippen LogP contribution < -0.4 is 0 Å². The van der Waals surface area contributed by atoms with E-state index in [4.69, 9.17) is 9.47 Å². The van der Waals surface area contributed by atoms with E-state index in [0.29, 0.717) is 25.7 Å². The van der Waals surface area contributed by atoms with Gasteiger partial charge in [-0.05, 0) is 79.4 Å². The van der Waals surface area contributed by atoms with E-state index >= 15 is 0 Å². The van der Waals surface area contributed by atoms with Crippen LogP contribution in [0.5, 0.6) is 0 Å². The van der Waals surface area contributed by atoms with Crippen LogP contribution in [0.2, 0.25) is 0 Å². The zero-order valence-corrected chi connectivity index (χ0v) is 25.9. The molecule has 0 aromatic heterocycles. The van der Waals surface area contributed by atoms with Crippen molar-refractivity contribution in [2.24, 2.45) is 46.3 Å². The number of fused-ring (bicyclic) bond motifs is 5. The molecule has 5 rings (SSSR count). The van der Waals surface area contributed by atoms with E-state index in [1.807, 2.05) is 20.8 Å². The van der Waals surface area contributed by atoms with Crippen LogP contribution >= 0.6 is 0 Å². The Hall–Kier alpha value is -0.400. The second kappa shape index (κ2) is 11.8. The third-order valence-electron chi connectivity index (χ3n) is 12.9. The molecule has 0 bridgehead atoms. The van der Waals surface area contributed by atoms with Crippen molar-refractivity contribution in [3.63, 3.8) is 0 Å². The fourth-order valence-electron chi connectivity index (χ4n) is 10.9. The Morgan fingerprint density at radius 2 is 1.50 bits per heavy atom. The van der Waals surface area contributed by atoms with Crippen LogP contribution in [0.1, 0.15) is 86.0 Å². The summed E-state index contributed by atoms with van der Waals surface area (Å²) in [4.78, 5) is 0. The predicted octanol–water partition coefficient (Wildman–Crippen LogP) is 0.930. The van der Waals surface area contributed by atoms with E-state index in [2.05, 4.69) is 13.8 Å². The van der Waals surface area contributed by atoms with E-state index in [0.717, 1.165) is 19.3 Å². The monoisotopic (exact) mass is 600 g/mol. The zero-order chi connectivity index (χ0) is 30.9. The van der Waals surface area contributed by atoms with Crippen LogP contribution in [-0.4, -0.2) is 108 Å². The van der Waals surface area contributed by atoms with Crippen molar-refractivity contribution in [2.75, 3.05) is 6.61 Å². The predicted molar refractivity (Wildman–Crippen MR) is 153 cm³/mol. The summed E-state index contributed by atoms with van der Waals surface area (Å²) < 4.78 is 11.7. The number of ether oxygens (including phenoxy) is 2. The normalized spacial score (nSPS) is 53.9. The molecular formula is C32H56O10. The van der Waals surface area contributed by atoms with Gasteiger partial charge in [-0.25, -0.2) is 0 Å². The van der Waals surface area contributed by atoms with Crippen molar-refractivity contribution < 1.29 is 50.3 Å². The van der Waals surface area contributed by atoms with E-state index in [1.54, 1.807) is 0 Å². The molecule has 0 aromatic rings. The number of rotatable bonds is 8. The molecule has 0 spiro atoms. The molecule has 0 radical (unpaired) electrons. The molecule has 5 aliphatic rings. The quantitative estimate of drug-likeness (QED) is 0.200. The highest BCUT2D eigenvalue weighted by Gasteiger charge is 2.71. The maximum absolute atomic E-state index is 12.5. The summed E-state index contributed by atoms with van der Waals surface area (Å²) in [5.41, 5.74) is -2.14. The van der Waals surface area contributed by atoms with Gasteiger partial charge in [0.05, 0.1) is 42.7 Å². The van der Waals surface area contributed by atoms with Crippen molar-refractivity contribution in [1.82, 2.24) is 0 Å². The van der Waals surface area contributed by atoms with Gasteiger partial charge in [0.15, 0.2) is 6.29 Å². The zero-order valence-electron chi connectivity index (χ0n) is 25.9. The molecule has 10 heteroatoms. The molecule has 0 aromatic carbocycles. The van der Waals surface area contributed by atoms with Gasteiger partial charge in [0.25, 0.3) is 0 Å². The maximum atomic E-state index is 12.5. The summed E-state index contributed by atoms with van der Waals surface area (Å²) in [5.74, 6) is -0.623. The molecule has 4 aliphatic carbocycles. The van der Waals surface area contributed by atoms with Crippen LogP contribution in [0, 0.1) is 46.3 Å². The second-order valence-corrected chi connectivity index (χ2v) is 15.6. The molecule has 1 unspecified atom stereocenters. The number of aliphatic hydroxyl groups is 8. The molecule has 42 heavy (non-hydrogen) atoms. The minimum absolute atomic E-state index is 0.0911. The summed E-state index contributed by atoms with van der Waals surface area (Å²) >= 11 is 0. The van der Waals surface area contributed by atoms with Gasteiger partial charge in [-0.2, -0.15) is 0 Å². The van der Waals surface area contributed by atoms with Crippen molar-refractivity contribution in [2.45, 2.75) is 147 Å². The lowest BCUT2D eigenvalue weighted by Gasteiger charge is -2.66. The Morgan fingerprint density at radius 3 is 2.12 bits per heavy atom. The lowest BCUT2D eigenvalue weighted by Crippen LogP contribution is -2.70. The molecule has 1 saturated heterocycles. The Kier molecular flexibility index (Phi) is 9.23. The highest BCUT2D eigenvalue weighted by atomic mass is 16.7. The average Bonchev–Trinajstić information content (AvgIpc) is 3.35. The third-order valence-corrected chi connectivity index (χ3v) is 12.9. The van der Waals surface area contributed by atoms with Crippen LogP contribution in [-0.2, 0) is 9.47 Å². The molecular weight excluding hydrogens is 544 g/mol. The molecule has 10 nitrogen and oxygen atoms in total. The molecule has 1 heterocycles. The van der Waals surface area contributed by atoms with Gasteiger partial charge in [0.1, 0.15) is 18.3 Å². The van der Waals surface area contributed by atoms with Gasteiger partial charge in [-0.15, -0.1) is 0 Å². The summed E-state index contributed by atoms with van der Waals surface area (Å²) in [6, 6.07) is 0. The number of hydrogen-bond donors (Lipinski definition) is 8. The van der Waals surface area contributed by atoms with Crippen molar-refractivity contribution >= 4 is 0 Å². The number of hydrogen-bond acceptors (Lipinski definition) is 10. The van der Waals surface area contributed by atoms with Gasteiger partial charge in [-0.1, -0.05) is 34.6 Å². The van der Waals surface area contributed by atoms with E-state index < -0.39 is 78.5 Å². The van der Waals surface area contributed by atoms with Crippen molar-refractivity contribution in [3.05, 3.63) is 0 Å². The molecule has 1 aliphatic heterocycles. The Labute approximate surface area is 250 Å². The van der Waals surface area contributed by atoms with Gasteiger partial charge >= 0.3 is 0 Å². The third kappa shape index (κ3) is 5.10. The molecule has 8 N–H and O–H groups in total. The fourth-order valence-corrected chi connectivity index (χ4v) is 10.9. The molecule has 5 fully saturated rings. The minimum Gasteiger partial charge on any atom is -0.394 e. The molecule has 0 amide bonds. The molecule has 244 valence electrons. The van der Waals surface area contributed by atoms with Crippen LogP contribution in [0.3, 0.4) is 0 Å². The smallest absolute Gasteiger partial charge is 0.186 e. The molecule has 4 saturated carbocycles. The summed E-state index contributed by atoms with van der Waals surface area (Å²) in [7, 11) is 0. The fraction of sp³-hybridized carbons (Fsp3) is 1.00. The van der Waals surface area contributed by atoms with Crippen LogP contribution in [0.4, 0.5) is 0 Å². The highest BCUT2D eigenvalue weighted by Crippen LogP contribution is 2.69. The van der Waals surface area contributed by atoms with Gasteiger partial charge in [0.2, 0.25) is 0 Å². The van der Waals surface area contributed by atoms with Crippen molar-refractivity contribution in [1.29, 1.82) is 0 Å². The van der Waals surface area contributed by atoms with Gasteiger partial charge < -0.3 is 50.3 Å². The number of aliphatic hydroxyl groups excluding tert-OH is 7. The summed E-state index contributed by atoms with van der Waals surface area (Å²) in [6.07, 6.45) is -3.39. The molecule has 17 atom stereocenters. The van der Waals surface area contributed by atoms with Crippen LogP contribution in [0.15, 0.2) is 0 Å². The van der Waals surface area contributed by atoms with E-state index in [-0.39, 0.29) is 41.6 Å². The van der Waals surface area contributed by atoms with Crippen molar-refractivity contribution in [3.8, 4) is 0 Å². The largest absolute Gasteiger partial charge is 0.394 e. The first-order valence-corrected chi connectivity index (χ1v) is 16.3.